The zero-order chi connectivity index (χ0) is 15.1. The molecule has 0 saturated heterocycles. The lowest BCUT2D eigenvalue weighted by Crippen LogP contribution is -2.28. The highest BCUT2D eigenvalue weighted by Crippen LogP contribution is 2.19. The van der Waals surface area contributed by atoms with E-state index in [-0.39, 0.29) is 6.10 Å². The molecule has 0 heterocycles. The van der Waals surface area contributed by atoms with Crippen LogP contribution in [0.5, 0.6) is 0 Å². The van der Waals surface area contributed by atoms with Crippen LogP contribution in [0.15, 0.2) is 42.5 Å². The average Bonchev–Trinajstić information content (AvgIpc) is 2.48. The summed E-state index contributed by atoms with van der Waals surface area (Å²) in [6, 6.07) is 14.8. The Bertz CT molecular complexity index is 633. The molecule has 2 nitrogen and oxygen atoms in total. The van der Waals surface area contributed by atoms with Crippen molar-refractivity contribution in [3.8, 4) is 11.8 Å². The lowest BCUT2D eigenvalue weighted by atomic mass is 10.0. The minimum Gasteiger partial charge on any atom is -0.391 e. The standard InChI is InChI=1S/C19H23NO/c1-3-4-5-12-18(21)15-20(2)14-17-11-8-10-16-9-6-7-13-19(16)17/h6-11,13,18,21H,3,12,14-15H2,1-2H3. The largest absolute Gasteiger partial charge is 0.391 e. The molecule has 2 rings (SSSR count). The van der Waals surface area contributed by atoms with Gasteiger partial charge in [0, 0.05) is 25.9 Å². The minimum absolute atomic E-state index is 0.385. The van der Waals surface area contributed by atoms with Gasteiger partial charge in [0.05, 0.1) is 6.10 Å². The number of hydrogen-bond donors (Lipinski definition) is 1. The van der Waals surface area contributed by atoms with Crippen LogP contribution in [0.2, 0.25) is 0 Å². The molecule has 0 aromatic heterocycles. The third kappa shape index (κ3) is 4.60. The van der Waals surface area contributed by atoms with Crippen LogP contribution in [-0.4, -0.2) is 29.7 Å². The fraction of sp³-hybridized carbons (Fsp3) is 0.368. The van der Waals surface area contributed by atoms with Gasteiger partial charge in [-0.2, -0.15) is 0 Å². The molecule has 1 N–H and O–H groups in total. The molecule has 1 atom stereocenters. The summed E-state index contributed by atoms with van der Waals surface area (Å²) in [5.41, 5.74) is 1.29. The minimum atomic E-state index is -0.385. The van der Waals surface area contributed by atoms with Crippen molar-refractivity contribution in [1.29, 1.82) is 0 Å². The van der Waals surface area contributed by atoms with E-state index in [1.54, 1.807) is 0 Å². The molecule has 0 fully saturated rings. The van der Waals surface area contributed by atoms with Crippen molar-refractivity contribution in [3.05, 3.63) is 48.0 Å². The normalized spacial score (nSPS) is 12.2. The van der Waals surface area contributed by atoms with Crippen LogP contribution in [0.3, 0.4) is 0 Å². The van der Waals surface area contributed by atoms with Crippen LogP contribution in [0.1, 0.15) is 25.3 Å². The number of likely N-dealkylation sites (N-methyl/N-ethyl adjacent to an activating group) is 1. The first-order valence-corrected chi connectivity index (χ1v) is 7.49. The molecule has 0 spiro atoms. The van der Waals surface area contributed by atoms with Crippen molar-refractivity contribution in [3.63, 3.8) is 0 Å². The second-order valence-corrected chi connectivity index (χ2v) is 5.40. The van der Waals surface area contributed by atoms with Gasteiger partial charge in [-0.25, -0.2) is 0 Å². The first-order chi connectivity index (χ1) is 10.2. The lowest BCUT2D eigenvalue weighted by Gasteiger charge is -2.20. The number of nitrogens with zero attached hydrogens (tertiary/aromatic N) is 1. The molecule has 0 radical (unpaired) electrons. The molecule has 0 aliphatic heterocycles. The summed E-state index contributed by atoms with van der Waals surface area (Å²) in [6.45, 7) is 3.49. The van der Waals surface area contributed by atoms with Gasteiger partial charge in [-0.3, -0.25) is 4.90 Å². The van der Waals surface area contributed by atoms with Gasteiger partial charge in [-0.1, -0.05) is 49.4 Å². The maximum Gasteiger partial charge on any atom is 0.0776 e. The smallest absolute Gasteiger partial charge is 0.0776 e. The van der Waals surface area contributed by atoms with E-state index < -0.39 is 0 Å². The summed E-state index contributed by atoms with van der Waals surface area (Å²) in [5, 5.41) is 12.5. The summed E-state index contributed by atoms with van der Waals surface area (Å²) in [4.78, 5) is 2.15. The number of aliphatic hydroxyl groups excluding tert-OH is 1. The second-order valence-electron chi connectivity index (χ2n) is 5.40. The fourth-order valence-electron chi connectivity index (χ4n) is 2.53. The van der Waals surface area contributed by atoms with Gasteiger partial charge in [0.25, 0.3) is 0 Å². The Kier molecular flexibility index (Phi) is 5.80. The Labute approximate surface area is 127 Å². The van der Waals surface area contributed by atoms with Crippen LogP contribution in [0, 0.1) is 11.8 Å². The van der Waals surface area contributed by atoms with Crippen LogP contribution in [-0.2, 0) is 6.54 Å². The summed E-state index contributed by atoms with van der Waals surface area (Å²) < 4.78 is 0. The molecule has 2 aromatic rings. The third-order valence-corrected chi connectivity index (χ3v) is 3.48. The summed E-state index contributed by atoms with van der Waals surface area (Å²) in [5.74, 6) is 6.00. The Balaban J connectivity index is 1.99. The van der Waals surface area contributed by atoms with Gasteiger partial charge < -0.3 is 5.11 Å². The molecular weight excluding hydrogens is 258 g/mol. The zero-order valence-electron chi connectivity index (χ0n) is 12.8. The number of rotatable bonds is 5. The predicted molar refractivity (Wildman–Crippen MR) is 89.0 cm³/mol. The third-order valence-electron chi connectivity index (χ3n) is 3.48. The van der Waals surface area contributed by atoms with Crippen molar-refractivity contribution in [2.75, 3.05) is 13.6 Å². The van der Waals surface area contributed by atoms with Gasteiger partial charge in [0.15, 0.2) is 0 Å². The number of aliphatic hydroxyl groups is 1. The maximum atomic E-state index is 9.99. The van der Waals surface area contributed by atoms with E-state index in [4.69, 9.17) is 0 Å². The molecule has 110 valence electrons. The Hall–Kier alpha value is -1.82. The van der Waals surface area contributed by atoms with Crippen molar-refractivity contribution in [2.24, 2.45) is 0 Å². The average molecular weight is 281 g/mol. The highest BCUT2D eigenvalue weighted by molar-refractivity contribution is 5.85. The number of fused-ring (bicyclic) bond motifs is 1. The quantitative estimate of drug-likeness (QED) is 0.849. The molecule has 0 amide bonds. The lowest BCUT2D eigenvalue weighted by molar-refractivity contribution is 0.127. The van der Waals surface area contributed by atoms with Crippen LogP contribution in [0.4, 0.5) is 0 Å². The van der Waals surface area contributed by atoms with Crippen molar-refractivity contribution < 1.29 is 5.11 Å². The number of benzene rings is 2. The molecule has 21 heavy (non-hydrogen) atoms. The molecular formula is C19H23NO. The first-order valence-electron chi connectivity index (χ1n) is 7.49. The number of hydrogen-bond acceptors (Lipinski definition) is 2. The van der Waals surface area contributed by atoms with Gasteiger partial charge in [0.2, 0.25) is 0 Å². The van der Waals surface area contributed by atoms with E-state index in [0.717, 1.165) is 13.0 Å². The Morgan fingerprint density at radius 2 is 1.86 bits per heavy atom. The van der Waals surface area contributed by atoms with Gasteiger partial charge in [-0.05, 0) is 23.4 Å². The van der Waals surface area contributed by atoms with Gasteiger partial charge in [-0.15, -0.1) is 11.8 Å². The highest BCUT2D eigenvalue weighted by Gasteiger charge is 2.09. The van der Waals surface area contributed by atoms with E-state index in [9.17, 15) is 5.11 Å². The topological polar surface area (TPSA) is 23.5 Å². The van der Waals surface area contributed by atoms with Crippen molar-refractivity contribution in [1.82, 2.24) is 4.90 Å². The van der Waals surface area contributed by atoms with Crippen LogP contribution >= 0.6 is 0 Å². The fourth-order valence-corrected chi connectivity index (χ4v) is 2.53. The summed E-state index contributed by atoms with van der Waals surface area (Å²) in [6.07, 6.45) is 1.01. The summed E-state index contributed by atoms with van der Waals surface area (Å²) >= 11 is 0. The van der Waals surface area contributed by atoms with E-state index in [0.29, 0.717) is 13.0 Å². The maximum absolute atomic E-state index is 9.99. The Morgan fingerprint density at radius 1 is 1.10 bits per heavy atom. The molecule has 0 bridgehead atoms. The van der Waals surface area contributed by atoms with Crippen LogP contribution in [0.25, 0.3) is 10.8 Å². The second kappa shape index (κ2) is 7.83. The molecule has 0 aliphatic carbocycles. The monoisotopic (exact) mass is 281 g/mol. The van der Waals surface area contributed by atoms with Crippen molar-refractivity contribution in [2.45, 2.75) is 32.4 Å². The highest BCUT2D eigenvalue weighted by atomic mass is 16.3. The van der Waals surface area contributed by atoms with E-state index in [1.807, 2.05) is 14.0 Å². The molecule has 0 aliphatic rings. The summed E-state index contributed by atoms with van der Waals surface area (Å²) in [7, 11) is 2.04. The molecule has 0 saturated carbocycles. The molecule has 1 unspecified atom stereocenters. The first kappa shape index (κ1) is 15.6. The Morgan fingerprint density at radius 3 is 2.67 bits per heavy atom. The predicted octanol–water partition coefficient (Wildman–Crippen LogP) is 3.44. The zero-order valence-corrected chi connectivity index (χ0v) is 12.8. The van der Waals surface area contributed by atoms with Crippen molar-refractivity contribution >= 4 is 10.8 Å². The van der Waals surface area contributed by atoms with E-state index in [2.05, 4.69) is 59.2 Å². The molecule has 2 heteroatoms. The van der Waals surface area contributed by atoms with E-state index in [1.165, 1.54) is 16.3 Å². The van der Waals surface area contributed by atoms with Crippen LogP contribution < -0.4 is 0 Å². The molecule has 2 aromatic carbocycles. The van der Waals surface area contributed by atoms with Gasteiger partial charge in [0.1, 0.15) is 0 Å². The SMILES string of the molecule is CCC#CCC(O)CN(C)Cc1cccc2ccccc12. The van der Waals surface area contributed by atoms with Gasteiger partial charge >= 0.3 is 0 Å². The van der Waals surface area contributed by atoms with E-state index >= 15 is 0 Å².